The Morgan fingerprint density at radius 3 is 2.91 bits per heavy atom. The van der Waals surface area contributed by atoms with Crippen LogP contribution in [0.25, 0.3) is 5.73 Å². The SMILES string of the molecule is CN1CC=CCC([NH-])C1=O.[Pr]. The van der Waals surface area contributed by atoms with Crippen molar-refractivity contribution in [1.82, 2.24) is 4.90 Å². The van der Waals surface area contributed by atoms with Crippen LogP contribution < -0.4 is 0 Å². The average Bonchev–Trinajstić information content (AvgIpc) is 2.04. The van der Waals surface area contributed by atoms with Crippen LogP contribution in [0.3, 0.4) is 0 Å². The Morgan fingerprint density at radius 1 is 1.64 bits per heavy atom. The van der Waals surface area contributed by atoms with Gasteiger partial charge in [0.05, 0.1) is 0 Å². The van der Waals surface area contributed by atoms with Crippen molar-refractivity contribution in [2.75, 3.05) is 13.6 Å². The monoisotopic (exact) mass is 280 g/mol. The summed E-state index contributed by atoms with van der Waals surface area (Å²) in [4.78, 5) is 12.6. The number of carbonyl (C=O) groups excluding carboxylic acids is 1. The normalized spacial score (nSPS) is 24.4. The van der Waals surface area contributed by atoms with Gasteiger partial charge in [0, 0.05) is 54.9 Å². The molecule has 1 unspecified atom stereocenters. The van der Waals surface area contributed by atoms with Crippen LogP contribution in [0.4, 0.5) is 0 Å². The standard InChI is InChI=1S/C7H11N2O.Pr/c1-9-5-3-2-4-6(8)7(9)10;/h2-3,6,8H,4-5H2,1H3;/q-1;. The first-order chi connectivity index (χ1) is 4.72. The molecule has 1 amide bonds. The van der Waals surface area contributed by atoms with Crippen molar-refractivity contribution in [2.24, 2.45) is 0 Å². The zero-order chi connectivity index (χ0) is 7.56. The Labute approximate surface area is 99.9 Å². The molecular formula is C7H11N2OPr-. The van der Waals surface area contributed by atoms with E-state index in [0.717, 1.165) is 0 Å². The predicted molar refractivity (Wildman–Crippen MR) is 39.5 cm³/mol. The van der Waals surface area contributed by atoms with Gasteiger partial charge >= 0.3 is 0 Å². The Kier molecular flexibility index (Phi) is 5.48. The summed E-state index contributed by atoms with van der Waals surface area (Å²) in [5.74, 6) is -0.0787. The van der Waals surface area contributed by atoms with Crippen LogP contribution in [0.2, 0.25) is 0 Å². The number of nitrogens with zero attached hydrogens (tertiary/aromatic N) is 1. The molecule has 1 heterocycles. The fourth-order valence-electron chi connectivity index (χ4n) is 0.922. The van der Waals surface area contributed by atoms with Crippen molar-refractivity contribution in [3.63, 3.8) is 0 Å². The van der Waals surface area contributed by atoms with Crippen LogP contribution in [-0.4, -0.2) is 30.4 Å². The van der Waals surface area contributed by atoms with E-state index >= 15 is 0 Å². The van der Waals surface area contributed by atoms with Gasteiger partial charge in [-0.1, -0.05) is 18.2 Å². The summed E-state index contributed by atoms with van der Waals surface area (Å²) < 4.78 is 0. The molecule has 0 saturated carbocycles. The quantitative estimate of drug-likeness (QED) is 0.606. The van der Waals surface area contributed by atoms with Gasteiger partial charge in [-0.05, 0) is 6.42 Å². The maximum absolute atomic E-state index is 11.0. The maximum atomic E-state index is 11.0. The van der Waals surface area contributed by atoms with Crippen molar-refractivity contribution in [3.8, 4) is 0 Å². The Hall–Kier alpha value is 0.534. The number of rotatable bonds is 0. The molecule has 0 bridgehead atoms. The minimum Gasteiger partial charge on any atom is -0.667 e. The summed E-state index contributed by atoms with van der Waals surface area (Å²) in [5, 5.41) is 0. The van der Waals surface area contributed by atoms with Gasteiger partial charge in [-0.2, -0.15) is 0 Å². The van der Waals surface area contributed by atoms with Crippen molar-refractivity contribution >= 4 is 5.91 Å². The molecule has 0 fully saturated rings. The van der Waals surface area contributed by atoms with E-state index in [-0.39, 0.29) is 47.2 Å². The van der Waals surface area contributed by atoms with Gasteiger partial charge in [0.1, 0.15) is 0 Å². The maximum Gasteiger partial charge on any atom is 0.205 e. The Balaban J connectivity index is 0.000001000. The molecule has 11 heavy (non-hydrogen) atoms. The van der Waals surface area contributed by atoms with Gasteiger partial charge in [-0.3, -0.25) is 4.79 Å². The molecule has 1 aliphatic heterocycles. The van der Waals surface area contributed by atoms with E-state index in [1.165, 1.54) is 0 Å². The summed E-state index contributed by atoms with van der Waals surface area (Å²) >= 11 is 0. The summed E-state index contributed by atoms with van der Waals surface area (Å²) in [5.41, 5.74) is 7.31. The van der Waals surface area contributed by atoms with Crippen LogP contribution in [0, 0.1) is 41.3 Å². The first-order valence-electron chi connectivity index (χ1n) is 3.33. The molecule has 0 spiro atoms. The van der Waals surface area contributed by atoms with E-state index < -0.39 is 6.04 Å². The Morgan fingerprint density at radius 2 is 2.27 bits per heavy atom. The largest absolute Gasteiger partial charge is 0.667 e. The van der Waals surface area contributed by atoms with E-state index in [4.69, 9.17) is 5.73 Å². The van der Waals surface area contributed by atoms with Gasteiger partial charge in [-0.15, -0.1) is 0 Å². The van der Waals surface area contributed by atoms with E-state index in [1.807, 2.05) is 12.2 Å². The fraction of sp³-hybridized carbons (Fsp3) is 0.571. The minimum absolute atomic E-state index is 0. The zero-order valence-corrected chi connectivity index (χ0v) is 10.3. The zero-order valence-electron chi connectivity index (χ0n) is 6.58. The van der Waals surface area contributed by atoms with E-state index in [9.17, 15) is 4.79 Å². The molecule has 1 atom stereocenters. The van der Waals surface area contributed by atoms with Gasteiger partial charge < -0.3 is 10.6 Å². The smallest absolute Gasteiger partial charge is 0.205 e. The summed E-state index contributed by atoms with van der Waals surface area (Å²) in [6.07, 6.45) is 4.37. The summed E-state index contributed by atoms with van der Waals surface area (Å²) in [6, 6.07) is -0.580. The molecule has 3 nitrogen and oxygen atoms in total. The molecule has 1 N–H and O–H groups in total. The molecule has 0 aromatic rings. The van der Waals surface area contributed by atoms with Crippen LogP contribution in [0.5, 0.6) is 0 Å². The van der Waals surface area contributed by atoms with Gasteiger partial charge in [-0.25, -0.2) is 0 Å². The molecule has 1 radical (unpaired) electrons. The molecule has 0 aromatic heterocycles. The second-order valence-electron chi connectivity index (χ2n) is 2.48. The number of nitrogens with one attached hydrogen (secondary N) is 1. The van der Waals surface area contributed by atoms with Crippen molar-refractivity contribution in [1.29, 1.82) is 0 Å². The Bertz CT molecular complexity index is 154. The third-order valence-electron chi connectivity index (χ3n) is 1.59. The second-order valence-corrected chi connectivity index (χ2v) is 2.48. The summed E-state index contributed by atoms with van der Waals surface area (Å²) in [6.45, 7) is 0.647. The van der Waals surface area contributed by atoms with Gasteiger partial charge in [0.15, 0.2) is 0 Å². The number of amides is 1. The molecule has 1 rings (SSSR count). The molecule has 0 aromatic carbocycles. The molecule has 59 valence electrons. The van der Waals surface area contributed by atoms with Crippen molar-refractivity contribution < 1.29 is 46.1 Å². The van der Waals surface area contributed by atoms with Gasteiger partial charge in [0.2, 0.25) is 5.91 Å². The molecular weight excluding hydrogens is 269 g/mol. The number of hydrogen-bond donors (Lipinski definition) is 0. The number of likely N-dealkylation sites (N-methyl/N-ethyl adjacent to an activating group) is 1. The minimum atomic E-state index is -0.580. The molecule has 1 aliphatic rings. The van der Waals surface area contributed by atoms with Crippen LogP contribution in [0.15, 0.2) is 12.2 Å². The van der Waals surface area contributed by atoms with E-state index in [2.05, 4.69) is 0 Å². The predicted octanol–water partition coefficient (Wildman–Crippen LogP) is 0.825. The van der Waals surface area contributed by atoms with E-state index in [1.54, 1.807) is 11.9 Å². The molecule has 4 heteroatoms. The molecule has 0 aliphatic carbocycles. The fourth-order valence-corrected chi connectivity index (χ4v) is 0.922. The first kappa shape index (κ1) is 11.5. The van der Waals surface area contributed by atoms with Gasteiger partial charge in [0.25, 0.3) is 0 Å². The van der Waals surface area contributed by atoms with Crippen LogP contribution in [0.1, 0.15) is 6.42 Å². The van der Waals surface area contributed by atoms with Crippen molar-refractivity contribution in [3.05, 3.63) is 17.9 Å². The first-order valence-corrected chi connectivity index (χ1v) is 3.33. The third-order valence-corrected chi connectivity index (χ3v) is 1.59. The second kappa shape index (κ2) is 5.23. The van der Waals surface area contributed by atoms with Crippen LogP contribution >= 0.6 is 0 Å². The summed E-state index contributed by atoms with van der Waals surface area (Å²) in [7, 11) is 1.72. The average molecular weight is 280 g/mol. The number of hydrogen-bond acceptors (Lipinski definition) is 1. The third kappa shape index (κ3) is 3.18. The molecule has 0 saturated heterocycles. The van der Waals surface area contributed by atoms with E-state index in [0.29, 0.717) is 13.0 Å². The number of carbonyl (C=O) groups is 1. The van der Waals surface area contributed by atoms with Crippen LogP contribution in [-0.2, 0) is 4.79 Å². The van der Waals surface area contributed by atoms with Crippen molar-refractivity contribution in [2.45, 2.75) is 12.5 Å². The topological polar surface area (TPSA) is 44.1 Å².